The number of carboxylic acids is 1. The zero-order valence-electron chi connectivity index (χ0n) is 12.4. The van der Waals surface area contributed by atoms with E-state index in [1.165, 1.54) is 12.8 Å². The topological polar surface area (TPSA) is 52.6 Å². The first-order valence-corrected chi connectivity index (χ1v) is 6.97. The van der Waals surface area contributed by atoms with Gasteiger partial charge in [0.05, 0.1) is 0 Å². The molecule has 0 amide bonds. The molecule has 1 rings (SSSR count). The third kappa shape index (κ3) is 4.25. The summed E-state index contributed by atoms with van der Waals surface area (Å²) < 4.78 is 0. The zero-order chi connectivity index (χ0) is 13.9. The first kappa shape index (κ1) is 15.4. The van der Waals surface area contributed by atoms with E-state index < -0.39 is 11.5 Å². The number of carboxylic acid groups (broad SMARTS) is 1. The van der Waals surface area contributed by atoms with Crippen LogP contribution in [0.3, 0.4) is 0 Å². The maximum absolute atomic E-state index is 11.4. The van der Waals surface area contributed by atoms with Crippen molar-refractivity contribution < 1.29 is 9.90 Å². The lowest BCUT2D eigenvalue weighted by atomic mass is 9.96. The number of aliphatic carboxylic acids is 1. The molecule has 1 aliphatic rings. The van der Waals surface area contributed by atoms with Crippen molar-refractivity contribution in [1.29, 1.82) is 0 Å². The molecule has 4 nitrogen and oxygen atoms in total. The summed E-state index contributed by atoms with van der Waals surface area (Å²) in [6.45, 7) is 8.81. The van der Waals surface area contributed by atoms with Crippen molar-refractivity contribution in [1.82, 2.24) is 10.2 Å². The number of hydrogen-bond acceptors (Lipinski definition) is 3. The Balaban J connectivity index is 2.48. The summed E-state index contributed by atoms with van der Waals surface area (Å²) in [4.78, 5) is 13.7. The largest absolute Gasteiger partial charge is 0.480 e. The van der Waals surface area contributed by atoms with Gasteiger partial charge in [0.25, 0.3) is 0 Å². The lowest BCUT2D eigenvalue weighted by Gasteiger charge is -2.32. The minimum absolute atomic E-state index is 0.178. The van der Waals surface area contributed by atoms with Gasteiger partial charge in [-0.15, -0.1) is 0 Å². The Bertz CT molecular complexity index is 290. The van der Waals surface area contributed by atoms with Gasteiger partial charge in [-0.05, 0) is 59.9 Å². The summed E-state index contributed by atoms with van der Waals surface area (Å²) >= 11 is 0. The molecule has 0 heterocycles. The Morgan fingerprint density at radius 2 is 2.00 bits per heavy atom. The molecule has 0 aromatic rings. The van der Waals surface area contributed by atoms with Gasteiger partial charge < -0.3 is 10.0 Å². The van der Waals surface area contributed by atoms with Crippen molar-refractivity contribution >= 4 is 5.97 Å². The molecule has 4 heteroatoms. The van der Waals surface area contributed by atoms with Crippen LogP contribution in [0.25, 0.3) is 0 Å². The van der Waals surface area contributed by atoms with Crippen molar-refractivity contribution in [2.75, 3.05) is 13.6 Å². The molecule has 0 aromatic carbocycles. The van der Waals surface area contributed by atoms with E-state index in [1.807, 2.05) is 13.8 Å². The average molecular weight is 256 g/mol. The fraction of sp³-hybridized carbons (Fsp3) is 0.929. The first-order chi connectivity index (χ1) is 8.26. The molecule has 2 N–H and O–H groups in total. The summed E-state index contributed by atoms with van der Waals surface area (Å²) in [5.74, 6) is 0.0628. The molecule has 0 spiro atoms. The Hall–Kier alpha value is -0.610. The fourth-order valence-corrected chi connectivity index (χ4v) is 2.42. The zero-order valence-corrected chi connectivity index (χ0v) is 12.4. The molecule has 18 heavy (non-hydrogen) atoms. The molecule has 2 atom stereocenters. The average Bonchev–Trinajstić information content (AvgIpc) is 3.07. The van der Waals surface area contributed by atoms with Gasteiger partial charge in [0.2, 0.25) is 0 Å². The summed E-state index contributed by atoms with van der Waals surface area (Å²) in [6.07, 6.45) is 3.28. The van der Waals surface area contributed by atoms with Gasteiger partial charge in [0, 0.05) is 18.6 Å². The van der Waals surface area contributed by atoms with Crippen molar-refractivity contribution in [3.63, 3.8) is 0 Å². The smallest absolute Gasteiger partial charge is 0.323 e. The van der Waals surface area contributed by atoms with Crippen LogP contribution in [-0.2, 0) is 4.79 Å². The van der Waals surface area contributed by atoms with Gasteiger partial charge in [-0.1, -0.05) is 0 Å². The van der Waals surface area contributed by atoms with E-state index in [0.717, 1.165) is 12.5 Å². The molecule has 1 saturated carbocycles. The second kappa shape index (κ2) is 6.02. The van der Waals surface area contributed by atoms with Gasteiger partial charge in [-0.3, -0.25) is 10.1 Å². The van der Waals surface area contributed by atoms with E-state index in [4.69, 9.17) is 0 Å². The molecular weight excluding hydrogens is 228 g/mol. The molecule has 106 valence electrons. The van der Waals surface area contributed by atoms with Crippen molar-refractivity contribution in [3.8, 4) is 0 Å². The molecule has 0 aromatic heterocycles. The van der Waals surface area contributed by atoms with Crippen LogP contribution >= 0.6 is 0 Å². The Kier molecular flexibility index (Phi) is 5.17. The predicted octanol–water partition coefficient (Wildman–Crippen LogP) is 1.95. The highest BCUT2D eigenvalue weighted by atomic mass is 16.4. The lowest BCUT2D eigenvalue weighted by Crippen LogP contribution is -2.54. The summed E-state index contributed by atoms with van der Waals surface area (Å²) in [6, 6.07) is 0.749. The second-order valence-corrected chi connectivity index (χ2v) is 6.24. The highest BCUT2D eigenvalue weighted by Gasteiger charge is 2.35. The number of rotatable bonds is 8. The quantitative estimate of drug-likeness (QED) is 0.697. The maximum atomic E-state index is 11.4. The highest BCUT2D eigenvalue weighted by Crippen LogP contribution is 2.34. The van der Waals surface area contributed by atoms with Crippen LogP contribution in [0, 0.1) is 5.92 Å². The van der Waals surface area contributed by atoms with Crippen LogP contribution in [0.15, 0.2) is 0 Å². The number of nitrogens with one attached hydrogen (secondary N) is 1. The minimum Gasteiger partial charge on any atom is -0.480 e. The Labute approximate surface area is 111 Å². The first-order valence-electron chi connectivity index (χ1n) is 6.97. The SMILES string of the molecule is CC(C)NC(C)(CCN(C)C(C)C1CC1)C(=O)O. The number of nitrogens with zero attached hydrogens (tertiary/aromatic N) is 1. The third-order valence-electron chi connectivity index (χ3n) is 4.04. The summed E-state index contributed by atoms with van der Waals surface area (Å²) in [7, 11) is 2.10. The van der Waals surface area contributed by atoms with Crippen molar-refractivity contribution in [2.45, 2.75) is 64.6 Å². The molecular formula is C14H28N2O2. The number of hydrogen-bond donors (Lipinski definition) is 2. The lowest BCUT2D eigenvalue weighted by molar-refractivity contribution is -0.145. The monoisotopic (exact) mass is 256 g/mol. The molecule has 0 bridgehead atoms. The van der Waals surface area contributed by atoms with E-state index in [0.29, 0.717) is 12.5 Å². The van der Waals surface area contributed by atoms with Crippen LogP contribution in [0.1, 0.15) is 47.0 Å². The van der Waals surface area contributed by atoms with Gasteiger partial charge in [0.1, 0.15) is 5.54 Å². The molecule has 2 unspecified atom stereocenters. The fourth-order valence-electron chi connectivity index (χ4n) is 2.42. The molecule has 1 fully saturated rings. The van der Waals surface area contributed by atoms with Crippen LogP contribution < -0.4 is 5.32 Å². The summed E-state index contributed by atoms with van der Waals surface area (Å²) in [5.41, 5.74) is -0.828. The summed E-state index contributed by atoms with van der Waals surface area (Å²) in [5, 5.41) is 12.5. The van der Waals surface area contributed by atoms with Crippen molar-refractivity contribution in [3.05, 3.63) is 0 Å². The van der Waals surface area contributed by atoms with E-state index in [1.54, 1.807) is 6.92 Å². The Morgan fingerprint density at radius 3 is 2.39 bits per heavy atom. The van der Waals surface area contributed by atoms with E-state index >= 15 is 0 Å². The Morgan fingerprint density at radius 1 is 1.44 bits per heavy atom. The van der Waals surface area contributed by atoms with Gasteiger partial charge >= 0.3 is 5.97 Å². The van der Waals surface area contributed by atoms with E-state index in [9.17, 15) is 9.90 Å². The predicted molar refractivity (Wildman–Crippen MR) is 73.7 cm³/mol. The van der Waals surface area contributed by atoms with E-state index in [-0.39, 0.29) is 6.04 Å². The van der Waals surface area contributed by atoms with Gasteiger partial charge in [0.15, 0.2) is 0 Å². The number of carbonyl (C=O) groups is 1. The molecule has 0 saturated heterocycles. The maximum Gasteiger partial charge on any atom is 0.323 e. The van der Waals surface area contributed by atoms with Crippen LogP contribution in [0.2, 0.25) is 0 Å². The second-order valence-electron chi connectivity index (χ2n) is 6.24. The molecule has 0 aliphatic heterocycles. The highest BCUT2D eigenvalue weighted by molar-refractivity contribution is 5.78. The standard InChI is InChI=1S/C14H28N2O2/c1-10(2)15-14(4,13(17)18)8-9-16(5)11(3)12-6-7-12/h10-12,15H,6-9H2,1-5H3,(H,17,18). The van der Waals surface area contributed by atoms with Gasteiger partial charge in [-0.25, -0.2) is 0 Å². The van der Waals surface area contributed by atoms with Crippen LogP contribution in [-0.4, -0.2) is 47.2 Å². The molecule has 1 aliphatic carbocycles. The molecule has 0 radical (unpaired) electrons. The van der Waals surface area contributed by atoms with Gasteiger partial charge in [-0.2, -0.15) is 0 Å². The van der Waals surface area contributed by atoms with Crippen LogP contribution in [0.4, 0.5) is 0 Å². The minimum atomic E-state index is -0.828. The van der Waals surface area contributed by atoms with E-state index in [2.05, 4.69) is 24.2 Å². The third-order valence-corrected chi connectivity index (χ3v) is 4.04. The van der Waals surface area contributed by atoms with Crippen LogP contribution in [0.5, 0.6) is 0 Å². The normalized spacial score (nSPS) is 21.1. The van der Waals surface area contributed by atoms with Crippen molar-refractivity contribution in [2.24, 2.45) is 5.92 Å².